The van der Waals surface area contributed by atoms with E-state index < -0.39 is 0 Å². The Kier molecular flexibility index (Phi) is 4.17. The van der Waals surface area contributed by atoms with E-state index >= 15 is 0 Å². The smallest absolute Gasteiger partial charge is 0.126 e. The highest BCUT2D eigenvalue weighted by molar-refractivity contribution is 5.34. The van der Waals surface area contributed by atoms with Crippen LogP contribution >= 0.6 is 0 Å². The van der Waals surface area contributed by atoms with Gasteiger partial charge in [-0.05, 0) is 50.8 Å². The summed E-state index contributed by atoms with van der Waals surface area (Å²) in [6.07, 6.45) is 6.89. The van der Waals surface area contributed by atoms with Crippen molar-refractivity contribution in [2.24, 2.45) is 0 Å². The van der Waals surface area contributed by atoms with Gasteiger partial charge in [0.1, 0.15) is 5.82 Å². The standard InChI is InChI=1S/C13H19N2O/c1-2-16-12-8-6-11(7-9-12)15-13-5-3-4-10-14-13/h4-5,10-12H,2,6-9H2,1H3,(H,14,15)/t11-,12-. The van der Waals surface area contributed by atoms with E-state index in [2.05, 4.69) is 23.3 Å². The number of ether oxygens (including phenoxy) is 1. The minimum Gasteiger partial charge on any atom is -0.379 e. The van der Waals surface area contributed by atoms with Crippen LogP contribution in [0.5, 0.6) is 0 Å². The average molecular weight is 219 g/mol. The second kappa shape index (κ2) is 5.85. The van der Waals surface area contributed by atoms with E-state index in [1.807, 2.05) is 12.1 Å². The van der Waals surface area contributed by atoms with Gasteiger partial charge >= 0.3 is 0 Å². The molecule has 0 bridgehead atoms. The van der Waals surface area contributed by atoms with Gasteiger partial charge in [-0.1, -0.05) is 0 Å². The number of nitrogens with one attached hydrogen (secondary N) is 1. The molecule has 1 aromatic rings. The third kappa shape index (κ3) is 3.20. The Morgan fingerprint density at radius 1 is 1.44 bits per heavy atom. The zero-order chi connectivity index (χ0) is 11.2. The number of nitrogens with zero attached hydrogens (tertiary/aromatic N) is 1. The van der Waals surface area contributed by atoms with Crippen LogP contribution in [-0.2, 0) is 4.74 Å². The van der Waals surface area contributed by atoms with E-state index in [1.165, 1.54) is 12.8 Å². The Balaban J connectivity index is 1.77. The molecule has 3 heteroatoms. The Labute approximate surface area is 97.2 Å². The molecule has 16 heavy (non-hydrogen) atoms. The molecule has 1 aliphatic carbocycles. The first-order valence-electron chi connectivity index (χ1n) is 6.08. The molecule has 1 N–H and O–H groups in total. The molecule has 1 fully saturated rings. The lowest BCUT2D eigenvalue weighted by atomic mass is 9.93. The van der Waals surface area contributed by atoms with Crippen LogP contribution in [0.25, 0.3) is 0 Å². The third-order valence-corrected chi connectivity index (χ3v) is 3.03. The van der Waals surface area contributed by atoms with Gasteiger partial charge in [-0.2, -0.15) is 0 Å². The van der Waals surface area contributed by atoms with E-state index in [9.17, 15) is 0 Å². The van der Waals surface area contributed by atoms with Crippen molar-refractivity contribution < 1.29 is 4.74 Å². The van der Waals surface area contributed by atoms with Crippen LogP contribution in [0.15, 0.2) is 18.3 Å². The largest absolute Gasteiger partial charge is 0.379 e. The van der Waals surface area contributed by atoms with Crippen LogP contribution in [0.1, 0.15) is 32.6 Å². The molecule has 1 heterocycles. The van der Waals surface area contributed by atoms with E-state index in [1.54, 1.807) is 6.20 Å². The highest BCUT2D eigenvalue weighted by Crippen LogP contribution is 2.23. The molecule has 0 spiro atoms. The summed E-state index contributed by atoms with van der Waals surface area (Å²) >= 11 is 0. The molecule has 0 aliphatic heterocycles. The molecule has 2 rings (SSSR count). The summed E-state index contributed by atoms with van der Waals surface area (Å²) in [6, 6.07) is 7.29. The Morgan fingerprint density at radius 2 is 2.25 bits per heavy atom. The summed E-state index contributed by atoms with van der Waals surface area (Å²) in [5.41, 5.74) is 0. The molecular weight excluding hydrogens is 200 g/mol. The van der Waals surface area contributed by atoms with Crippen LogP contribution in [0.4, 0.5) is 5.82 Å². The van der Waals surface area contributed by atoms with Crippen LogP contribution in [-0.4, -0.2) is 23.7 Å². The summed E-state index contributed by atoms with van der Waals surface area (Å²) < 4.78 is 5.63. The molecule has 1 saturated carbocycles. The molecule has 0 aromatic carbocycles. The van der Waals surface area contributed by atoms with Crippen molar-refractivity contribution in [2.45, 2.75) is 44.8 Å². The highest BCUT2D eigenvalue weighted by Gasteiger charge is 2.21. The fourth-order valence-electron chi connectivity index (χ4n) is 2.22. The van der Waals surface area contributed by atoms with Crippen LogP contribution in [0, 0.1) is 6.07 Å². The summed E-state index contributed by atoms with van der Waals surface area (Å²) in [5.74, 6) is 0.933. The van der Waals surface area contributed by atoms with E-state index in [-0.39, 0.29) is 0 Å². The second-order valence-corrected chi connectivity index (χ2v) is 4.21. The summed E-state index contributed by atoms with van der Waals surface area (Å²) in [5, 5.41) is 3.45. The normalized spacial score (nSPS) is 25.3. The van der Waals surface area contributed by atoms with Gasteiger partial charge in [-0.15, -0.1) is 0 Å². The monoisotopic (exact) mass is 219 g/mol. The van der Waals surface area contributed by atoms with Gasteiger partial charge < -0.3 is 10.1 Å². The van der Waals surface area contributed by atoms with Crippen molar-refractivity contribution in [3.8, 4) is 0 Å². The number of pyridine rings is 1. The molecule has 3 nitrogen and oxygen atoms in total. The predicted molar refractivity (Wildman–Crippen MR) is 64.4 cm³/mol. The minimum atomic E-state index is 0.471. The van der Waals surface area contributed by atoms with Crippen molar-refractivity contribution in [1.82, 2.24) is 4.98 Å². The van der Waals surface area contributed by atoms with Crippen molar-refractivity contribution in [3.05, 3.63) is 24.4 Å². The van der Waals surface area contributed by atoms with Gasteiger partial charge in [-0.25, -0.2) is 4.98 Å². The Morgan fingerprint density at radius 3 is 2.88 bits per heavy atom. The average Bonchev–Trinajstić information content (AvgIpc) is 2.33. The lowest BCUT2D eigenvalue weighted by Crippen LogP contribution is -2.30. The maximum Gasteiger partial charge on any atom is 0.126 e. The fraction of sp³-hybridized carbons (Fsp3) is 0.615. The number of aromatic nitrogens is 1. The summed E-state index contributed by atoms with van der Waals surface area (Å²) in [6.45, 7) is 2.89. The predicted octanol–water partition coefficient (Wildman–Crippen LogP) is 2.64. The SMILES string of the molecule is CCO[C@H]1CC[C@H](Nc2c[c]ccn2)CC1. The Hall–Kier alpha value is -1.09. The zero-order valence-electron chi connectivity index (χ0n) is 9.78. The quantitative estimate of drug-likeness (QED) is 0.845. The first-order chi connectivity index (χ1) is 7.88. The molecule has 0 atom stereocenters. The van der Waals surface area contributed by atoms with E-state index in [0.29, 0.717) is 12.1 Å². The van der Waals surface area contributed by atoms with Gasteiger partial charge in [0.2, 0.25) is 0 Å². The molecule has 1 aromatic heterocycles. The number of rotatable bonds is 4. The van der Waals surface area contributed by atoms with Gasteiger partial charge in [0.15, 0.2) is 0 Å². The lowest BCUT2D eigenvalue weighted by molar-refractivity contribution is 0.0346. The van der Waals surface area contributed by atoms with Gasteiger partial charge in [0.25, 0.3) is 0 Å². The van der Waals surface area contributed by atoms with E-state index in [4.69, 9.17) is 4.74 Å². The first-order valence-corrected chi connectivity index (χ1v) is 6.08. The third-order valence-electron chi connectivity index (χ3n) is 3.03. The number of hydrogen-bond donors (Lipinski definition) is 1. The van der Waals surface area contributed by atoms with Gasteiger partial charge in [0.05, 0.1) is 6.10 Å². The lowest BCUT2D eigenvalue weighted by Gasteiger charge is -2.29. The van der Waals surface area contributed by atoms with Crippen molar-refractivity contribution in [3.63, 3.8) is 0 Å². The molecule has 0 saturated heterocycles. The van der Waals surface area contributed by atoms with Crippen molar-refractivity contribution >= 4 is 5.82 Å². The maximum atomic E-state index is 5.63. The molecule has 0 unspecified atom stereocenters. The van der Waals surface area contributed by atoms with Crippen LogP contribution < -0.4 is 5.32 Å². The van der Waals surface area contributed by atoms with E-state index in [0.717, 1.165) is 25.3 Å². The Bertz CT molecular complexity index is 294. The maximum absolute atomic E-state index is 5.63. The highest BCUT2D eigenvalue weighted by atomic mass is 16.5. The molecule has 87 valence electrons. The molecule has 1 aliphatic rings. The second-order valence-electron chi connectivity index (χ2n) is 4.21. The molecule has 1 radical (unpaired) electrons. The summed E-state index contributed by atoms with van der Waals surface area (Å²) in [7, 11) is 0. The van der Waals surface area contributed by atoms with Crippen molar-refractivity contribution in [2.75, 3.05) is 11.9 Å². The van der Waals surface area contributed by atoms with Crippen molar-refractivity contribution in [1.29, 1.82) is 0 Å². The topological polar surface area (TPSA) is 34.1 Å². The summed E-state index contributed by atoms with van der Waals surface area (Å²) in [4.78, 5) is 4.25. The number of anilines is 1. The van der Waals surface area contributed by atoms with Crippen LogP contribution in [0.3, 0.4) is 0 Å². The zero-order valence-corrected chi connectivity index (χ0v) is 9.78. The van der Waals surface area contributed by atoms with Gasteiger partial charge in [-0.3, -0.25) is 0 Å². The van der Waals surface area contributed by atoms with Crippen LogP contribution in [0.2, 0.25) is 0 Å². The number of hydrogen-bond acceptors (Lipinski definition) is 3. The van der Waals surface area contributed by atoms with Gasteiger partial charge in [0, 0.05) is 18.8 Å². The molecule has 0 amide bonds. The first kappa shape index (κ1) is 11.4. The fourth-order valence-corrected chi connectivity index (χ4v) is 2.22. The minimum absolute atomic E-state index is 0.471. The molecular formula is C13H19N2O.